The molecule has 751 valence electrons. The molecule has 3 radical (unpaired) electrons. The molecule has 3 N–H and O–H groups in total. The van der Waals surface area contributed by atoms with Crippen LogP contribution in [0.2, 0.25) is 0 Å². The van der Waals surface area contributed by atoms with Crippen molar-refractivity contribution in [3.8, 4) is 34.9 Å². The van der Waals surface area contributed by atoms with E-state index in [1.165, 1.54) is 45.0 Å². The zero-order valence-electron chi connectivity index (χ0n) is 78.9. The Morgan fingerprint density at radius 1 is 0.457 bits per heavy atom. The van der Waals surface area contributed by atoms with E-state index in [0.717, 1.165) is 25.0 Å². The maximum Gasteiger partial charge on any atom is 0.408 e. The summed E-state index contributed by atoms with van der Waals surface area (Å²) >= 11 is 0. The SMILES string of the molecule is CC[C@@H]1[C@@H]2CN(C(=O)[C@H](C(C)(C)C)NC(=O)O[C@@H]3C[C@H]3CCCCC(F)(F)c3nc4ccc(OC(F)F)cc4nc3O2)[C@@H]1[C-]=O.CC[C@@H]1[C@@H]2CN(C(=O)[C@H](C(C)(C)C)NC(=O)O[C@]3(C)C[C@H]3CCCCC(F)(F)c3nc4ccc(OC(F)F)cc4nc3O2)[C@@H]1[C-]=O.C[C@@H]1[C@@H]2CN(C(=O)[C@H](C(C)(C)C)NC(=O)O[C@@H]3C[C@H]3CCCCC(F)(F)c3cc4ccc(OC5CC5)cc4nc3O2)[C@@H]1[C-]=O.[V].[V].[V]. The monoisotopic (exact) mass is 2050 g/mol. The molecule has 6 aromatic rings. The second kappa shape index (κ2) is 43.7. The molecule has 138 heavy (non-hydrogen) atoms. The van der Waals surface area contributed by atoms with Gasteiger partial charge in [-0.15, -0.1) is 0 Å². The first kappa shape index (κ1) is 109. The van der Waals surface area contributed by atoms with Crippen molar-refractivity contribution in [3.63, 3.8) is 0 Å². The fourth-order valence-corrected chi connectivity index (χ4v) is 18.9. The third kappa shape index (κ3) is 25.5. The van der Waals surface area contributed by atoms with Crippen molar-refractivity contribution in [3.05, 3.63) is 77.6 Å². The van der Waals surface area contributed by atoms with Gasteiger partial charge < -0.3 is 87.7 Å². The fraction of sp³-hybridized carbons (Fsp3) is 0.646. The second-order valence-electron chi connectivity index (χ2n) is 40.6. The van der Waals surface area contributed by atoms with E-state index >= 15 is 26.3 Å². The average molecular weight is 2050 g/mol. The quantitative estimate of drug-likeness (QED) is 0.0616. The number of ether oxygens (including phenoxy) is 9. The summed E-state index contributed by atoms with van der Waals surface area (Å²) in [5, 5.41) is 8.66. The Bertz CT molecular complexity index is 5410. The van der Waals surface area contributed by atoms with Crippen LogP contribution in [0, 0.1) is 51.8 Å². The van der Waals surface area contributed by atoms with Crippen LogP contribution in [0.3, 0.4) is 0 Å². The molecule has 16 rings (SSSR count). The molecule has 10 aliphatic rings. The maximum absolute atomic E-state index is 16.0. The van der Waals surface area contributed by atoms with Gasteiger partial charge in [-0.05, 0) is 166 Å². The van der Waals surface area contributed by atoms with Crippen LogP contribution >= 0.6 is 0 Å². The van der Waals surface area contributed by atoms with Gasteiger partial charge in [0, 0.05) is 104 Å². The van der Waals surface area contributed by atoms with E-state index in [9.17, 15) is 60.7 Å². The smallest absolute Gasteiger partial charge is 0.408 e. The van der Waals surface area contributed by atoms with Crippen molar-refractivity contribution in [2.24, 2.45) is 51.8 Å². The first-order valence-corrected chi connectivity index (χ1v) is 46.4. The average Bonchev–Trinajstić information content (AvgIpc) is 1.56. The van der Waals surface area contributed by atoms with Gasteiger partial charge in [0.25, 0.3) is 17.8 Å². The van der Waals surface area contributed by atoms with Gasteiger partial charge in [0.2, 0.25) is 35.4 Å². The predicted octanol–water partition coefficient (Wildman–Crippen LogP) is 17.1. The zero-order chi connectivity index (χ0) is 97.7. The zero-order valence-corrected chi connectivity index (χ0v) is 83.1. The molecule has 4 aliphatic carbocycles. The third-order valence-electron chi connectivity index (χ3n) is 27.2. The molecular formula is C96H116F10N11O18V3-3. The van der Waals surface area contributed by atoms with E-state index in [-0.39, 0.29) is 176 Å². The Hall–Kier alpha value is -9.17. The minimum Gasteiger partial charge on any atom is -0.540 e. The van der Waals surface area contributed by atoms with Gasteiger partial charge in [-0.1, -0.05) is 133 Å². The van der Waals surface area contributed by atoms with Crippen molar-refractivity contribution in [1.29, 1.82) is 0 Å². The number of nitrogens with one attached hydrogen (secondary N) is 3. The van der Waals surface area contributed by atoms with Gasteiger partial charge >= 0.3 is 31.5 Å². The number of alkyl carbamates (subject to hydrolysis) is 3. The molecule has 29 nitrogen and oxygen atoms in total. The van der Waals surface area contributed by atoms with E-state index in [0.29, 0.717) is 87.3 Å². The van der Waals surface area contributed by atoms with Crippen LogP contribution in [0.1, 0.15) is 229 Å². The Morgan fingerprint density at radius 2 is 0.848 bits per heavy atom. The summed E-state index contributed by atoms with van der Waals surface area (Å²) in [6.07, 6.45) is 6.78. The molecule has 4 saturated carbocycles. The summed E-state index contributed by atoms with van der Waals surface area (Å²) in [6.45, 7) is 16.3. The Kier molecular flexibility index (Phi) is 34.6. The number of amides is 6. The number of aromatic nitrogens is 5. The topological polar surface area (TPSA) is 347 Å². The standard InChI is InChI=1S/C33H40F2N3O6.C32H39F4N4O6.C31H37F4N4O6.3V/c1-18-25(17-39)38-16-27(18)43-29-23(13-19-8-9-22(15-24(19)36-29)42-21-10-11-21)33(34,35)12-6-5-7-20-14-26(20)44-31(41)37-28(30(38)40)32(2,3)4;1-6-19-22(16-41)40-15-23(19)45-26-24(37-20-11-10-18(44-28(33)34)13-21(20)38-26)32(35,36)12-8-7-9-17-14-31(17,5)46-29(43)39-25(27(40)42)30(2,3)4;1-5-18-21(15-40)39-14-23(18)44-26-24(36-19-10-9-17(43-28(32)33)13-20(19)37-26)31(34,35)11-7-6-8-16-12-22(16)45-29(42)38-25(27(39)41)30(2,3)4;;;/h8-9,13,15,18,20-21,25-28H,5-7,10-12,14,16H2,1-4H3,(H,37,41);10-11,13,17,19,22-23,25,28H,6-9,12,14-15H2,1-5H3,(H,39,43);9-10,13,16,18,21-23,25,28H,5-8,11-12,14H2,1-4H3,(H,38,42);;;/q3*-1;;;/t18-,20+,25+,26+,27-,28+;17-,19+,22-,23+,25-,31-;16-,18+,21-,22-,23+,25-;;;/m011.../s1. The minimum atomic E-state index is -3.49. The van der Waals surface area contributed by atoms with E-state index in [1.54, 1.807) is 87.4 Å². The molecule has 7 fully saturated rings. The summed E-state index contributed by atoms with van der Waals surface area (Å²) in [5.74, 6) is -14.8. The summed E-state index contributed by atoms with van der Waals surface area (Å²) < 4.78 is 197. The summed E-state index contributed by atoms with van der Waals surface area (Å²) in [4.78, 5) is 143. The first-order valence-electron chi connectivity index (χ1n) is 46.4. The van der Waals surface area contributed by atoms with Gasteiger partial charge in [-0.25, -0.2) is 66.9 Å². The van der Waals surface area contributed by atoms with Crippen LogP contribution in [0.25, 0.3) is 33.0 Å². The van der Waals surface area contributed by atoms with Crippen LogP contribution in [-0.4, -0.2) is 206 Å². The van der Waals surface area contributed by atoms with Crippen LogP contribution < -0.4 is 44.4 Å². The molecule has 0 unspecified atom stereocenters. The molecule has 9 heterocycles. The number of benzene rings is 3. The van der Waals surface area contributed by atoms with Gasteiger partial charge in [0.15, 0.2) is 11.4 Å². The third-order valence-corrected chi connectivity index (χ3v) is 27.2. The van der Waals surface area contributed by atoms with Crippen LogP contribution in [0.4, 0.5) is 58.3 Å². The van der Waals surface area contributed by atoms with Crippen molar-refractivity contribution < 1.29 is 185 Å². The normalized spacial score (nSPS) is 29.5. The van der Waals surface area contributed by atoms with Gasteiger partial charge in [0.05, 0.1) is 58.9 Å². The van der Waals surface area contributed by atoms with Crippen LogP contribution in [-0.2, 0) is 116 Å². The van der Waals surface area contributed by atoms with Gasteiger partial charge in [0.1, 0.15) is 71.5 Å². The van der Waals surface area contributed by atoms with E-state index in [4.69, 9.17) is 33.2 Å². The molecule has 6 amide bonds. The molecular weight excluding hydrogens is 1940 g/mol. The number of rotatable bonds is 11. The number of fused-ring (bicyclic) bond motifs is 15. The maximum atomic E-state index is 16.0. The largest absolute Gasteiger partial charge is 0.540 e. The number of carbonyl (C=O) groups excluding carboxylic acids is 9. The molecule has 18 atom stereocenters. The summed E-state index contributed by atoms with van der Waals surface area (Å²) in [5.41, 5.74) is -4.40. The van der Waals surface area contributed by atoms with E-state index in [2.05, 4.69) is 50.3 Å². The Labute approximate surface area is 829 Å². The fourth-order valence-electron chi connectivity index (χ4n) is 18.9. The van der Waals surface area contributed by atoms with E-state index < -0.39 is 204 Å². The van der Waals surface area contributed by atoms with Gasteiger partial charge in [-0.3, -0.25) is 14.4 Å². The van der Waals surface area contributed by atoms with Crippen LogP contribution in [0.15, 0.2) is 60.7 Å². The minimum absolute atomic E-state index is 0. The Morgan fingerprint density at radius 3 is 1.27 bits per heavy atom. The number of alkyl halides is 10. The molecule has 6 bridgehead atoms. The van der Waals surface area contributed by atoms with Crippen molar-refractivity contribution in [1.82, 2.24) is 55.6 Å². The van der Waals surface area contributed by atoms with Crippen molar-refractivity contribution >= 4 is 87.8 Å². The number of halogens is 10. The van der Waals surface area contributed by atoms with Crippen molar-refractivity contribution in [2.75, 3.05) is 19.6 Å². The summed E-state index contributed by atoms with van der Waals surface area (Å²) in [7, 11) is 0. The number of hydrogen-bond donors (Lipinski definition) is 3. The summed E-state index contributed by atoms with van der Waals surface area (Å²) in [6, 6.07) is 7.44. The Balaban J connectivity index is 0.000000196. The number of hydrogen-bond acceptors (Lipinski definition) is 23. The first-order chi connectivity index (χ1) is 63.6. The van der Waals surface area contributed by atoms with Crippen molar-refractivity contribution in [2.45, 2.75) is 321 Å². The molecule has 6 aliphatic heterocycles. The molecule has 3 saturated heterocycles. The second-order valence-corrected chi connectivity index (χ2v) is 40.6. The number of pyridine rings is 1. The van der Waals surface area contributed by atoms with Crippen LogP contribution in [0.5, 0.6) is 34.9 Å². The predicted molar refractivity (Wildman–Crippen MR) is 467 cm³/mol. The molecule has 42 heteroatoms. The van der Waals surface area contributed by atoms with E-state index in [1.807, 2.05) is 39.6 Å². The molecule has 3 aromatic carbocycles. The molecule has 3 aromatic heterocycles. The van der Waals surface area contributed by atoms with Gasteiger partial charge in [-0.2, -0.15) is 35.1 Å². The number of nitrogens with zero attached hydrogens (tertiary/aromatic N) is 8. The number of carbonyl (C=O) groups is 6. The molecule has 0 spiro atoms.